The van der Waals surface area contributed by atoms with Gasteiger partial charge in [-0.1, -0.05) is 30.5 Å². The third kappa shape index (κ3) is 2.68. The average Bonchev–Trinajstić information content (AvgIpc) is 3.21. The van der Waals surface area contributed by atoms with Crippen LogP contribution in [-0.4, -0.2) is 47.9 Å². The number of rotatable bonds is 5. The summed E-state index contributed by atoms with van der Waals surface area (Å²) in [6, 6.07) is 2.31. The van der Waals surface area contributed by atoms with Crippen LogP contribution < -0.4 is 0 Å². The van der Waals surface area contributed by atoms with E-state index in [4.69, 9.17) is 11.6 Å². The third-order valence-corrected chi connectivity index (χ3v) is 5.60. The maximum atomic E-state index is 9.26. The minimum Gasteiger partial charge on any atom is -0.344 e. The molecule has 25 heavy (non-hydrogen) atoms. The average molecular weight is 374 g/mol. The lowest BCUT2D eigenvalue weighted by Gasteiger charge is -2.48. The van der Waals surface area contributed by atoms with Gasteiger partial charge in [0.15, 0.2) is 0 Å². The van der Waals surface area contributed by atoms with Crippen molar-refractivity contribution in [2.24, 2.45) is 0 Å². The lowest BCUT2D eigenvalue weighted by atomic mass is 9.89. The molecule has 0 spiro atoms. The summed E-state index contributed by atoms with van der Waals surface area (Å²) in [4.78, 5) is 11.6. The monoisotopic (exact) mass is 373 g/mol. The Kier molecular flexibility index (Phi) is 4.15. The summed E-state index contributed by atoms with van der Waals surface area (Å²) in [5, 5.41) is 15.2. The van der Waals surface area contributed by atoms with Crippen molar-refractivity contribution >= 4 is 34.6 Å². The molecule has 9 heteroatoms. The molecule has 4 heterocycles. The van der Waals surface area contributed by atoms with Gasteiger partial charge in [0.25, 0.3) is 0 Å². The van der Waals surface area contributed by atoms with Gasteiger partial charge < -0.3 is 4.98 Å². The highest BCUT2D eigenvalue weighted by Crippen LogP contribution is 2.38. The lowest BCUT2D eigenvalue weighted by molar-refractivity contribution is 0.0812. The maximum Gasteiger partial charge on any atom is 0.142 e. The van der Waals surface area contributed by atoms with Crippen LogP contribution in [0.3, 0.4) is 0 Å². The number of nitrogens with one attached hydrogen (secondary N) is 1. The normalized spacial score (nSPS) is 16.7. The minimum atomic E-state index is -0.275. The summed E-state index contributed by atoms with van der Waals surface area (Å²) < 4.78 is 4.18. The molecule has 0 saturated carbocycles. The van der Waals surface area contributed by atoms with Crippen LogP contribution in [0.15, 0.2) is 24.9 Å². The van der Waals surface area contributed by atoms with Crippen LogP contribution in [0, 0.1) is 11.3 Å². The number of aromatic nitrogens is 5. The minimum absolute atomic E-state index is 0.275. The summed E-state index contributed by atoms with van der Waals surface area (Å²) in [5.74, 6) is 1.03. The van der Waals surface area contributed by atoms with E-state index in [0.717, 1.165) is 35.5 Å². The van der Waals surface area contributed by atoms with Gasteiger partial charge in [0.05, 0.1) is 34.8 Å². The molecule has 3 aromatic heterocycles. The second kappa shape index (κ2) is 6.33. The topological polar surface area (TPSA) is 86.4 Å². The molecule has 0 amide bonds. The summed E-state index contributed by atoms with van der Waals surface area (Å²) >= 11 is 8.07. The second-order valence-electron chi connectivity index (χ2n) is 6.03. The van der Waals surface area contributed by atoms with Crippen LogP contribution in [0.4, 0.5) is 0 Å². The first-order chi connectivity index (χ1) is 12.2. The van der Waals surface area contributed by atoms with E-state index < -0.39 is 0 Å². The van der Waals surface area contributed by atoms with Crippen molar-refractivity contribution in [2.75, 3.05) is 18.8 Å². The third-order valence-electron chi connectivity index (χ3n) is 4.42. The standard InChI is InChI=1S/C16H16ClN7S/c1-2-25-23-8-16(9-23,3-4-18)24-7-11(5-22-24)14-13-12(17)6-19-15(13)21-10-20-14/h5-7,10H,2-3,8-9H2,1H3,(H,19,20,21). The van der Waals surface area contributed by atoms with Gasteiger partial charge in [-0.15, -0.1) is 0 Å². The summed E-state index contributed by atoms with van der Waals surface area (Å²) in [6.45, 7) is 3.75. The van der Waals surface area contributed by atoms with Gasteiger partial charge in [-0.2, -0.15) is 10.4 Å². The van der Waals surface area contributed by atoms with Crippen LogP contribution in [-0.2, 0) is 5.54 Å². The molecule has 1 aliphatic rings. The maximum absolute atomic E-state index is 9.26. The van der Waals surface area contributed by atoms with E-state index in [1.165, 1.54) is 6.33 Å². The Morgan fingerprint density at radius 3 is 3.04 bits per heavy atom. The van der Waals surface area contributed by atoms with E-state index in [-0.39, 0.29) is 5.54 Å². The van der Waals surface area contributed by atoms with Crippen LogP contribution in [0.25, 0.3) is 22.3 Å². The summed E-state index contributed by atoms with van der Waals surface area (Å²) in [5.41, 5.74) is 2.04. The SMILES string of the molecule is CCSN1CC(CC#N)(n2cc(-c3ncnc4[nH]cc(Cl)c34)cn2)C1. The van der Waals surface area contributed by atoms with Gasteiger partial charge in [0, 0.05) is 36.8 Å². The molecule has 1 aliphatic heterocycles. The van der Waals surface area contributed by atoms with Crippen LogP contribution in [0.5, 0.6) is 0 Å². The van der Waals surface area contributed by atoms with Gasteiger partial charge in [0.2, 0.25) is 0 Å². The van der Waals surface area contributed by atoms with E-state index in [2.05, 4.69) is 37.3 Å². The number of nitriles is 1. The highest BCUT2D eigenvalue weighted by Gasteiger charge is 2.45. The molecule has 1 fully saturated rings. The molecule has 0 atom stereocenters. The van der Waals surface area contributed by atoms with Crippen LogP contribution in [0.1, 0.15) is 13.3 Å². The molecule has 0 unspecified atom stereocenters. The Morgan fingerprint density at radius 2 is 2.28 bits per heavy atom. The molecular weight excluding hydrogens is 358 g/mol. The molecule has 0 bridgehead atoms. The van der Waals surface area contributed by atoms with E-state index in [9.17, 15) is 5.26 Å². The molecule has 0 radical (unpaired) electrons. The second-order valence-corrected chi connectivity index (χ2v) is 7.79. The van der Waals surface area contributed by atoms with Crippen molar-refractivity contribution < 1.29 is 0 Å². The number of nitrogens with zero attached hydrogens (tertiary/aromatic N) is 6. The molecule has 3 aromatic rings. The highest BCUT2D eigenvalue weighted by molar-refractivity contribution is 7.97. The predicted molar refractivity (Wildman–Crippen MR) is 98.0 cm³/mol. The largest absolute Gasteiger partial charge is 0.344 e. The Balaban J connectivity index is 1.70. The zero-order valence-corrected chi connectivity index (χ0v) is 15.2. The molecule has 128 valence electrons. The van der Waals surface area contributed by atoms with E-state index in [1.54, 1.807) is 24.3 Å². The van der Waals surface area contributed by atoms with Crippen LogP contribution >= 0.6 is 23.5 Å². The zero-order chi connectivity index (χ0) is 17.4. The zero-order valence-electron chi connectivity index (χ0n) is 13.6. The van der Waals surface area contributed by atoms with Gasteiger partial charge >= 0.3 is 0 Å². The number of halogens is 1. The van der Waals surface area contributed by atoms with Gasteiger partial charge in [-0.3, -0.25) is 4.68 Å². The quantitative estimate of drug-likeness (QED) is 0.691. The molecule has 0 aliphatic carbocycles. The fraction of sp³-hybridized carbons (Fsp3) is 0.375. The Bertz CT molecular complexity index is 951. The van der Waals surface area contributed by atoms with E-state index >= 15 is 0 Å². The molecular formula is C16H16ClN7S. The van der Waals surface area contributed by atoms with Crippen LogP contribution in [0.2, 0.25) is 5.02 Å². The van der Waals surface area contributed by atoms with Gasteiger partial charge in [0.1, 0.15) is 17.5 Å². The van der Waals surface area contributed by atoms with E-state index in [1.807, 2.05) is 10.9 Å². The Morgan fingerprint density at radius 1 is 1.44 bits per heavy atom. The van der Waals surface area contributed by atoms with Crippen molar-refractivity contribution in [1.82, 2.24) is 29.0 Å². The Labute approximate surface area is 154 Å². The van der Waals surface area contributed by atoms with Crippen molar-refractivity contribution in [3.05, 3.63) is 29.9 Å². The van der Waals surface area contributed by atoms with Crippen molar-refractivity contribution in [3.8, 4) is 17.3 Å². The predicted octanol–water partition coefficient (Wildman–Crippen LogP) is 3.07. The molecule has 1 N–H and O–H groups in total. The Hall–Kier alpha value is -2.08. The number of hydrogen-bond acceptors (Lipinski definition) is 6. The number of fused-ring (bicyclic) bond motifs is 1. The van der Waals surface area contributed by atoms with Gasteiger partial charge in [-0.25, -0.2) is 14.3 Å². The fourth-order valence-electron chi connectivity index (χ4n) is 3.22. The van der Waals surface area contributed by atoms with Crippen molar-refractivity contribution in [2.45, 2.75) is 18.9 Å². The number of H-pyrrole nitrogens is 1. The van der Waals surface area contributed by atoms with Crippen molar-refractivity contribution in [1.29, 1.82) is 5.26 Å². The smallest absolute Gasteiger partial charge is 0.142 e. The van der Waals surface area contributed by atoms with Crippen molar-refractivity contribution in [3.63, 3.8) is 0 Å². The first-order valence-corrected chi connectivity index (χ1v) is 9.27. The molecule has 0 aromatic carbocycles. The first-order valence-electron chi connectivity index (χ1n) is 7.95. The van der Waals surface area contributed by atoms with Gasteiger partial charge in [-0.05, 0) is 0 Å². The molecule has 1 saturated heterocycles. The summed E-state index contributed by atoms with van der Waals surface area (Å²) in [6.07, 6.45) is 7.38. The molecule has 4 rings (SSSR count). The van der Waals surface area contributed by atoms with E-state index in [0.29, 0.717) is 17.1 Å². The lowest BCUT2D eigenvalue weighted by Crippen LogP contribution is -2.60. The number of aromatic amines is 1. The molecule has 7 nitrogen and oxygen atoms in total. The highest BCUT2D eigenvalue weighted by atomic mass is 35.5. The fourth-order valence-corrected chi connectivity index (χ4v) is 4.48. The first kappa shape index (κ1) is 16.4. The number of hydrogen-bond donors (Lipinski definition) is 1. The summed E-state index contributed by atoms with van der Waals surface area (Å²) in [7, 11) is 0.